The van der Waals surface area contributed by atoms with Crippen molar-refractivity contribution in [3.63, 3.8) is 0 Å². The van der Waals surface area contributed by atoms with Crippen LogP contribution in [0.5, 0.6) is 17.4 Å². The summed E-state index contributed by atoms with van der Waals surface area (Å²) < 4.78 is 32.2. The topological polar surface area (TPSA) is 83.3 Å². The molecule has 0 radical (unpaired) electrons. The van der Waals surface area contributed by atoms with Gasteiger partial charge in [0.15, 0.2) is 11.5 Å². The molecule has 0 fully saturated rings. The average Bonchev–Trinajstić information content (AvgIpc) is 3.45. The Morgan fingerprint density at radius 1 is 1.13 bits per heavy atom. The highest BCUT2D eigenvalue weighted by Crippen LogP contribution is 2.37. The van der Waals surface area contributed by atoms with E-state index in [4.69, 9.17) is 19.2 Å². The number of hydrogen-bond acceptors (Lipinski definition) is 7. The smallest absolute Gasteiger partial charge is 0.231 e. The maximum absolute atomic E-state index is 13.5. The molecule has 0 aliphatic carbocycles. The molecule has 1 aliphatic rings. The van der Waals surface area contributed by atoms with Crippen molar-refractivity contribution in [2.24, 2.45) is 0 Å². The molecule has 3 heterocycles. The summed E-state index contributed by atoms with van der Waals surface area (Å²) in [6, 6.07) is 12.1. The number of nitrogens with zero attached hydrogens (tertiary/aromatic N) is 4. The first-order valence-corrected chi connectivity index (χ1v) is 9.88. The largest absolute Gasteiger partial charge is 0.473 e. The minimum absolute atomic E-state index is 0.200. The molecule has 0 spiro atoms. The van der Waals surface area contributed by atoms with Crippen molar-refractivity contribution in [3.8, 4) is 17.4 Å². The van der Waals surface area contributed by atoms with Crippen molar-refractivity contribution in [2.75, 3.05) is 13.3 Å². The molecular formula is C22H20FN5O3. The van der Waals surface area contributed by atoms with Crippen LogP contribution in [0.1, 0.15) is 11.1 Å². The van der Waals surface area contributed by atoms with E-state index in [-0.39, 0.29) is 19.2 Å². The Kier molecular flexibility index (Phi) is 5.32. The van der Waals surface area contributed by atoms with Gasteiger partial charge < -0.3 is 19.5 Å². The Balaban J connectivity index is 1.37. The molecule has 2 aromatic carbocycles. The lowest BCUT2D eigenvalue weighted by Gasteiger charge is -2.13. The van der Waals surface area contributed by atoms with Gasteiger partial charge in [-0.2, -0.15) is 5.10 Å². The van der Waals surface area contributed by atoms with Crippen molar-refractivity contribution in [2.45, 2.75) is 19.7 Å². The number of rotatable bonds is 8. The van der Waals surface area contributed by atoms with E-state index in [1.807, 2.05) is 24.3 Å². The van der Waals surface area contributed by atoms with Crippen LogP contribution in [0.15, 0.2) is 55.1 Å². The fourth-order valence-electron chi connectivity index (χ4n) is 3.38. The Labute approximate surface area is 177 Å². The monoisotopic (exact) mass is 421 g/mol. The van der Waals surface area contributed by atoms with E-state index in [0.29, 0.717) is 37.0 Å². The Morgan fingerprint density at radius 3 is 2.87 bits per heavy atom. The minimum atomic E-state index is -0.296. The number of nitrogens with one attached hydrogen (secondary N) is 1. The summed E-state index contributed by atoms with van der Waals surface area (Å²) in [6.45, 7) is 2.35. The van der Waals surface area contributed by atoms with E-state index in [2.05, 4.69) is 15.4 Å². The zero-order chi connectivity index (χ0) is 21.0. The maximum Gasteiger partial charge on any atom is 0.231 e. The molecule has 5 rings (SSSR count). The molecule has 2 aromatic heterocycles. The molecule has 0 bridgehead atoms. The lowest BCUT2D eigenvalue weighted by atomic mass is 10.1. The molecule has 0 saturated heterocycles. The second-order valence-electron chi connectivity index (χ2n) is 7.10. The van der Waals surface area contributed by atoms with Crippen LogP contribution in [0, 0.1) is 5.82 Å². The molecular weight excluding hydrogens is 401 g/mol. The summed E-state index contributed by atoms with van der Waals surface area (Å²) in [6.07, 6.45) is 3.19. The van der Waals surface area contributed by atoms with Crippen molar-refractivity contribution in [1.29, 1.82) is 0 Å². The quantitative estimate of drug-likeness (QED) is 0.438. The fourth-order valence-corrected chi connectivity index (χ4v) is 3.38. The first-order chi connectivity index (χ1) is 15.2. The third-order valence-electron chi connectivity index (χ3n) is 4.91. The van der Waals surface area contributed by atoms with E-state index in [1.165, 1.54) is 18.5 Å². The van der Waals surface area contributed by atoms with Crippen molar-refractivity contribution in [3.05, 3.63) is 72.1 Å². The zero-order valence-electron chi connectivity index (χ0n) is 16.6. The highest BCUT2D eigenvalue weighted by molar-refractivity contribution is 5.84. The zero-order valence-corrected chi connectivity index (χ0v) is 16.6. The Bertz CT molecular complexity index is 1200. The summed E-state index contributed by atoms with van der Waals surface area (Å²) in [7, 11) is 0. The van der Waals surface area contributed by atoms with Crippen LogP contribution in [0.4, 0.5) is 4.39 Å². The molecule has 0 amide bonds. The average molecular weight is 421 g/mol. The van der Waals surface area contributed by atoms with Gasteiger partial charge in [0, 0.05) is 30.1 Å². The SMILES string of the molecule is Fc1cccc(COc2nc3cc4c(cc3cc2CNCCn2cncn2)OCO4)c1. The normalized spacial score (nSPS) is 12.4. The summed E-state index contributed by atoms with van der Waals surface area (Å²) in [5.74, 6) is 1.56. The van der Waals surface area contributed by atoms with Gasteiger partial charge in [0.25, 0.3) is 0 Å². The molecule has 9 heteroatoms. The first-order valence-electron chi connectivity index (χ1n) is 9.88. The molecule has 31 heavy (non-hydrogen) atoms. The number of halogens is 1. The second-order valence-corrected chi connectivity index (χ2v) is 7.10. The number of ether oxygens (including phenoxy) is 3. The van der Waals surface area contributed by atoms with Gasteiger partial charge in [-0.15, -0.1) is 0 Å². The van der Waals surface area contributed by atoms with Crippen molar-refractivity contribution < 1.29 is 18.6 Å². The number of benzene rings is 2. The van der Waals surface area contributed by atoms with E-state index in [9.17, 15) is 4.39 Å². The predicted molar refractivity (Wildman–Crippen MR) is 110 cm³/mol. The number of pyridine rings is 1. The summed E-state index contributed by atoms with van der Waals surface area (Å²) in [4.78, 5) is 8.64. The molecule has 4 aromatic rings. The van der Waals surface area contributed by atoms with E-state index >= 15 is 0 Å². The fraction of sp³-hybridized carbons (Fsp3) is 0.227. The number of fused-ring (bicyclic) bond motifs is 2. The lowest BCUT2D eigenvalue weighted by molar-refractivity contribution is 0.174. The first kappa shape index (κ1) is 19.3. The Morgan fingerprint density at radius 2 is 2.03 bits per heavy atom. The summed E-state index contributed by atoms with van der Waals surface area (Å²) >= 11 is 0. The highest BCUT2D eigenvalue weighted by Gasteiger charge is 2.17. The number of hydrogen-bond donors (Lipinski definition) is 1. The standard InChI is InChI=1S/C22H20FN5O3/c23-18-3-1-2-15(6-18)11-29-22-17(10-24-4-5-28-13-25-12-26-28)7-16-8-20-21(31-14-30-20)9-19(16)27-22/h1-3,6-9,12-13,24H,4-5,10-11,14H2. The van der Waals surface area contributed by atoms with Crippen LogP contribution in [-0.4, -0.2) is 33.1 Å². The van der Waals surface area contributed by atoms with E-state index in [1.54, 1.807) is 17.1 Å². The van der Waals surface area contributed by atoms with Crippen LogP contribution in [-0.2, 0) is 19.7 Å². The van der Waals surface area contributed by atoms with Crippen LogP contribution < -0.4 is 19.5 Å². The minimum Gasteiger partial charge on any atom is -0.473 e. The van der Waals surface area contributed by atoms with Gasteiger partial charge in [-0.25, -0.2) is 14.4 Å². The third-order valence-corrected chi connectivity index (χ3v) is 4.91. The molecule has 0 atom stereocenters. The van der Waals surface area contributed by atoms with Crippen LogP contribution in [0.2, 0.25) is 0 Å². The Hall–Kier alpha value is -3.72. The van der Waals surface area contributed by atoms with Gasteiger partial charge in [-0.3, -0.25) is 4.68 Å². The van der Waals surface area contributed by atoms with Gasteiger partial charge in [-0.05, 0) is 29.8 Å². The molecule has 8 nitrogen and oxygen atoms in total. The van der Waals surface area contributed by atoms with Gasteiger partial charge >= 0.3 is 0 Å². The van der Waals surface area contributed by atoms with Gasteiger partial charge in [-0.1, -0.05) is 12.1 Å². The third kappa shape index (κ3) is 4.41. The summed E-state index contributed by atoms with van der Waals surface area (Å²) in [5.41, 5.74) is 2.36. The highest BCUT2D eigenvalue weighted by atomic mass is 19.1. The molecule has 0 unspecified atom stereocenters. The predicted octanol–water partition coefficient (Wildman–Crippen LogP) is 3.06. The van der Waals surface area contributed by atoms with Gasteiger partial charge in [0.05, 0.1) is 12.1 Å². The van der Waals surface area contributed by atoms with Crippen LogP contribution in [0.3, 0.4) is 0 Å². The van der Waals surface area contributed by atoms with E-state index in [0.717, 1.165) is 22.0 Å². The van der Waals surface area contributed by atoms with Crippen molar-refractivity contribution >= 4 is 10.9 Å². The maximum atomic E-state index is 13.5. The lowest BCUT2D eigenvalue weighted by Crippen LogP contribution is -2.20. The van der Waals surface area contributed by atoms with E-state index < -0.39 is 0 Å². The second kappa shape index (κ2) is 8.57. The van der Waals surface area contributed by atoms with Gasteiger partial charge in [0.2, 0.25) is 12.7 Å². The number of aromatic nitrogens is 4. The summed E-state index contributed by atoms with van der Waals surface area (Å²) in [5, 5.41) is 8.40. The molecule has 0 saturated carbocycles. The molecule has 1 N–H and O–H groups in total. The van der Waals surface area contributed by atoms with Crippen LogP contribution in [0.25, 0.3) is 10.9 Å². The molecule has 1 aliphatic heterocycles. The van der Waals surface area contributed by atoms with Crippen LogP contribution >= 0.6 is 0 Å². The molecule has 158 valence electrons. The van der Waals surface area contributed by atoms with Gasteiger partial charge in [0.1, 0.15) is 25.1 Å². The van der Waals surface area contributed by atoms with Crippen molar-refractivity contribution in [1.82, 2.24) is 25.1 Å².